The number of halogens is 1. The summed E-state index contributed by atoms with van der Waals surface area (Å²) in [6, 6.07) is 15.8. The summed E-state index contributed by atoms with van der Waals surface area (Å²) >= 11 is 3.54. The van der Waals surface area contributed by atoms with Crippen molar-refractivity contribution in [3.8, 4) is 0 Å². The van der Waals surface area contributed by atoms with Crippen molar-refractivity contribution in [2.24, 2.45) is 0 Å². The average molecular weight is 332 g/mol. The van der Waals surface area contributed by atoms with E-state index in [9.17, 15) is 4.79 Å². The number of likely N-dealkylation sites (N-methyl/N-ethyl adjacent to an activating group) is 1. The molecule has 0 bridgehead atoms. The molecule has 0 aliphatic heterocycles. The number of ketones is 1. The van der Waals surface area contributed by atoms with Crippen LogP contribution in [0.25, 0.3) is 0 Å². The van der Waals surface area contributed by atoms with Crippen molar-refractivity contribution in [3.63, 3.8) is 0 Å². The Morgan fingerprint density at radius 3 is 2.45 bits per heavy atom. The molecule has 2 rings (SSSR count). The number of aryl methyl sites for hydroxylation is 1. The lowest BCUT2D eigenvalue weighted by molar-refractivity contribution is 0.0942. The van der Waals surface area contributed by atoms with Crippen molar-refractivity contribution in [2.45, 2.75) is 13.5 Å². The second-order valence-electron chi connectivity index (χ2n) is 5.00. The molecule has 0 aliphatic carbocycles. The van der Waals surface area contributed by atoms with Gasteiger partial charge in [-0.3, -0.25) is 9.69 Å². The number of carbonyl (C=O) groups excluding carboxylic acids is 1. The number of hydrogen-bond acceptors (Lipinski definition) is 2. The lowest BCUT2D eigenvalue weighted by Gasteiger charge is -2.17. The van der Waals surface area contributed by atoms with Crippen LogP contribution in [0.5, 0.6) is 0 Å². The summed E-state index contributed by atoms with van der Waals surface area (Å²) in [5, 5.41) is 0. The van der Waals surface area contributed by atoms with Crippen LogP contribution in [-0.2, 0) is 6.54 Å². The van der Waals surface area contributed by atoms with E-state index in [1.165, 1.54) is 5.56 Å². The van der Waals surface area contributed by atoms with E-state index in [-0.39, 0.29) is 5.78 Å². The van der Waals surface area contributed by atoms with Gasteiger partial charge in [0, 0.05) is 16.6 Å². The fraction of sp³-hybridized carbons (Fsp3) is 0.235. The van der Waals surface area contributed by atoms with Crippen molar-refractivity contribution in [1.29, 1.82) is 0 Å². The van der Waals surface area contributed by atoms with Gasteiger partial charge in [-0.1, -0.05) is 58.4 Å². The zero-order valence-electron chi connectivity index (χ0n) is 11.8. The molecule has 0 amide bonds. The molecular weight excluding hydrogens is 314 g/mol. The van der Waals surface area contributed by atoms with Gasteiger partial charge in [-0.25, -0.2) is 0 Å². The molecule has 2 nitrogen and oxygen atoms in total. The number of Topliss-reactive ketones (excluding diaryl/α,β-unsaturated/α-hetero) is 1. The summed E-state index contributed by atoms with van der Waals surface area (Å²) < 4.78 is 1.08. The molecule has 0 heterocycles. The SMILES string of the molecule is Cc1ccccc1C(=O)CN(C)Cc1ccccc1Br. The molecule has 0 unspecified atom stereocenters. The Balaban J connectivity index is 2.02. The fourth-order valence-corrected chi connectivity index (χ4v) is 2.60. The molecule has 104 valence electrons. The van der Waals surface area contributed by atoms with Crippen molar-refractivity contribution in [3.05, 3.63) is 69.7 Å². The highest BCUT2D eigenvalue weighted by Crippen LogP contribution is 2.17. The standard InChI is InChI=1S/C17H18BrNO/c1-13-7-3-5-9-15(13)17(20)12-19(2)11-14-8-4-6-10-16(14)18/h3-10H,11-12H2,1-2H3. The van der Waals surface area contributed by atoms with Gasteiger partial charge in [0.25, 0.3) is 0 Å². The second-order valence-corrected chi connectivity index (χ2v) is 5.86. The third kappa shape index (κ3) is 3.78. The summed E-state index contributed by atoms with van der Waals surface area (Å²) in [5.74, 6) is 0.164. The summed E-state index contributed by atoms with van der Waals surface area (Å²) in [7, 11) is 1.97. The first-order valence-corrected chi connectivity index (χ1v) is 7.38. The molecule has 0 radical (unpaired) electrons. The Morgan fingerprint density at radius 1 is 1.10 bits per heavy atom. The quantitative estimate of drug-likeness (QED) is 0.769. The molecule has 3 heteroatoms. The molecule has 2 aromatic rings. The summed E-state index contributed by atoms with van der Waals surface area (Å²) in [5.41, 5.74) is 3.03. The van der Waals surface area contributed by atoms with E-state index in [4.69, 9.17) is 0 Å². The fourth-order valence-electron chi connectivity index (χ4n) is 2.19. The lowest BCUT2D eigenvalue weighted by atomic mass is 10.0. The highest BCUT2D eigenvalue weighted by atomic mass is 79.9. The smallest absolute Gasteiger partial charge is 0.177 e. The maximum absolute atomic E-state index is 12.3. The molecule has 2 aromatic carbocycles. The first-order valence-electron chi connectivity index (χ1n) is 6.58. The van der Waals surface area contributed by atoms with Gasteiger partial charge in [0.15, 0.2) is 5.78 Å². The Hall–Kier alpha value is -1.45. The number of hydrogen-bond donors (Lipinski definition) is 0. The van der Waals surface area contributed by atoms with Crippen LogP contribution in [0, 0.1) is 6.92 Å². The van der Waals surface area contributed by atoms with Crippen LogP contribution in [-0.4, -0.2) is 24.3 Å². The lowest BCUT2D eigenvalue weighted by Crippen LogP contribution is -2.26. The molecule has 0 spiro atoms. The maximum atomic E-state index is 12.3. The van der Waals surface area contributed by atoms with E-state index in [1.54, 1.807) is 0 Å². The monoisotopic (exact) mass is 331 g/mol. The van der Waals surface area contributed by atoms with Gasteiger partial charge >= 0.3 is 0 Å². The van der Waals surface area contributed by atoms with Crippen LogP contribution < -0.4 is 0 Å². The molecule has 0 saturated carbocycles. The van der Waals surface area contributed by atoms with Crippen LogP contribution in [0.2, 0.25) is 0 Å². The minimum atomic E-state index is 0.164. The Labute approximate surface area is 128 Å². The number of rotatable bonds is 5. The Bertz CT molecular complexity index is 609. The minimum Gasteiger partial charge on any atom is -0.295 e. The van der Waals surface area contributed by atoms with Crippen LogP contribution >= 0.6 is 15.9 Å². The number of nitrogens with zero attached hydrogens (tertiary/aromatic N) is 1. The van der Waals surface area contributed by atoms with E-state index in [0.717, 1.165) is 22.1 Å². The van der Waals surface area contributed by atoms with Crippen LogP contribution in [0.3, 0.4) is 0 Å². The first kappa shape index (κ1) is 14.9. The van der Waals surface area contributed by atoms with E-state index < -0.39 is 0 Å². The van der Waals surface area contributed by atoms with Gasteiger partial charge in [0.1, 0.15) is 0 Å². The van der Waals surface area contributed by atoms with Gasteiger partial charge in [0.05, 0.1) is 6.54 Å². The van der Waals surface area contributed by atoms with Crippen LogP contribution in [0.4, 0.5) is 0 Å². The van der Waals surface area contributed by atoms with Crippen molar-refractivity contribution in [1.82, 2.24) is 4.90 Å². The predicted molar refractivity (Wildman–Crippen MR) is 86.0 cm³/mol. The zero-order valence-corrected chi connectivity index (χ0v) is 13.4. The predicted octanol–water partition coefficient (Wildman–Crippen LogP) is 4.07. The zero-order chi connectivity index (χ0) is 14.5. The van der Waals surface area contributed by atoms with Gasteiger partial charge < -0.3 is 0 Å². The van der Waals surface area contributed by atoms with Crippen molar-refractivity contribution >= 4 is 21.7 Å². The summed E-state index contributed by atoms with van der Waals surface area (Å²) in [6.07, 6.45) is 0. The topological polar surface area (TPSA) is 20.3 Å². The van der Waals surface area contributed by atoms with Crippen molar-refractivity contribution in [2.75, 3.05) is 13.6 Å². The number of carbonyl (C=O) groups is 1. The highest BCUT2D eigenvalue weighted by Gasteiger charge is 2.12. The second kappa shape index (κ2) is 6.82. The van der Waals surface area contributed by atoms with Gasteiger partial charge in [-0.15, -0.1) is 0 Å². The molecule has 0 aliphatic rings. The molecule has 0 aromatic heterocycles. The van der Waals surface area contributed by atoms with Gasteiger partial charge in [-0.05, 0) is 31.2 Å². The summed E-state index contributed by atoms with van der Waals surface area (Å²) in [6.45, 7) is 3.15. The van der Waals surface area contributed by atoms with E-state index in [1.807, 2.05) is 61.3 Å². The first-order chi connectivity index (χ1) is 9.58. The van der Waals surface area contributed by atoms with E-state index in [2.05, 4.69) is 22.0 Å². The van der Waals surface area contributed by atoms with Gasteiger partial charge in [0.2, 0.25) is 0 Å². The van der Waals surface area contributed by atoms with Crippen LogP contribution in [0.1, 0.15) is 21.5 Å². The normalized spacial score (nSPS) is 10.8. The third-order valence-electron chi connectivity index (χ3n) is 3.26. The number of benzene rings is 2. The molecule has 0 saturated heterocycles. The van der Waals surface area contributed by atoms with E-state index >= 15 is 0 Å². The van der Waals surface area contributed by atoms with Crippen LogP contribution in [0.15, 0.2) is 53.0 Å². The average Bonchev–Trinajstić information content (AvgIpc) is 2.41. The highest BCUT2D eigenvalue weighted by molar-refractivity contribution is 9.10. The molecule has 0 N–H and O–H groups in total. The largest absolute Gasteiger partial charge is 0.295 e. The maximum Gasteiger partial charge on any atom is 0.177 e. The molecule has 20 heavy (non-hydrogen) atoms. The van der Waals surface area contributed by atoms with Gasteiger partial charge in [-0.2, -0.15) is 0 Å². The summed E-state index contributed by atoms with van der Waals surface area (Å²) in [4.78, 5) is 14.3. The van der Waals surface area contributed by atoms with Crippen molar-refractivity contribution < 1.29 is 4.79 Å². The third-order valence-corrected chi connectivity index (χ3v) is 4.03. The minimum absolute atomic E-state index is 0.164. The molecule has 0 atom stereocenters. The molecule has 0 fully saturated rings. The van der Waals surface area contributed by atoms with E-state index in [0.29, 0.717) is 6.54 Å². The Kier molecular flexibility index (Phi) is 5.10. The molecular formula is C17H18BrNO. The Morgan fingerprint density at radius 2 is 1.75 bits per heavy atom.